The fourth-order valence-corrected chi connectivity index (χ4v) is 2.10. The lowest BCUT2D eigenvalue weighted by molar-refractivity contribution is -0.189. The highest BCUT2D eigenvalue weighted by Gasteiger charge is 2.51. The smallest absolute Gasteiger partial charge is 0.374 e. The number of nitrogens with zero attached hydrogens (tertiary/aromatic N) is 2. The van der Waals surface area contributed by atoms with E-state index in [1.807, 2.05) is 0 Å². The number of carbonyl (C=O) groups is 3. The third-order valence-electron chi connectivity index (χ3n) is 3.15. The highest BCUT2D eigenvalue weighted by molar-refractivity contribution is 6.03. The minimum Gasteiger partial charge on any atom is -0.462 e. The summed E-state index contributed by atoms with van der Waals surface area (Å²) in [6.45, 7) is 6.22. The van der Waals surface area contributed by atoms with Crippen LogP contribution in [0.2, 0.25) is 0 Å². The number of ether oxygens (including phenoxy) is 4. The molecule has 0 aromatic carbocycles. The van der Waals surface area contributed by atoms with E-state index in [0.29, 0.717) is 4.73 Å². The lowest BCUT2D eigenvalue weighted by atomic mass is 10.2. The molecule has 1 heterocycles. The lowest BCUT2D eigenvalue weighted by Gasteiger charge is -2.25. The van der Waals surface area contributed by atoms with Gasteiger partial charge in [-0.15, -0.1) is 0 Å². The van der Waals surface area contributed by atoms with Gasteiger partial charge in [0.2, 0.25) is 0 Å². The molecule has 10 heteroatoms. The maximum absolute atomic E-state index is 12.5. The Morgan fingerprint density at radius 3 is 2.04 bits per heavy atom. The summed E-state index contributed by atoms with van der Waals surface area (Å²) in [5.74, 6) is -2.97. The Hall–Kier alpha value is -2.88. The molecule has 0 bridgehead atoms. The normalized spacial score (nSPS) is 11.8. The van der Waals surface area contributed by atoms with Gasteiger partial charge < -0.3 is 24.2 Å². The van der Waals surface area contributed by atoms with Crippen molar-refractivity contribution in [3.05, 3.63) is 29.4 Å². The van der Waals surface area contributed by atoms with Crippen LogP contribution in [0.1, 0.15) is 38.1 Å². The number of aromatic nitrogens is 1. The van der Waals surface area contributed by atoms with Gasteiger partial charge in [0.1, 0.15) is 5.56 Å². The van der Waals surface area contributed by atoms with Gasteiger partial charge in [-0.1, -0.05) is 0 Å². The first kappa shape index (κ1) is 22.2. The van der Waals surface area contributed by atoms with Crippen molar-refractivity contribution < 1.29 is 38.5 Å². The monoisotopic (exact) mass is 384 g/mol. The van der Waals surface area contributed by atoms with Crippen molar-refractivity contribution in [1.82, 2.24) is 4.73 Å². The highest BCUT2D eigenvalue weighted by Crippen LogP contribution is 2.18. The molecule has 1 rings (SSSR count). The molecule has 0 aliphatic heterocycles. The zero-order valence-electron chi connectivity index (χ0n) is 15.8. The maximum Gasteiger partial charge on any atom is 0.374 e. The van der Waals surface area contributed by atoms with Crippen LogP contribution in [0.5, 0.6) is 0 Å². The fraction of sp³-hybridized carbons (Fsp3) is 0.529. The second-order valence-corrected chi connectivity index (χ2v) is 4.97. The first-order valence-electron chi connectivity index (χ1n) is 8.49. The Morgan fingerprint density at radius 2 is 1.56 bits per heavy atom. The molecule has 0 spiro atoms. The largest absolute Gasteiger partial charge is 0.462 e. The van der Waals surface area contributed by atoms with E-state index in [9.17, 15) is 19.6 Å². The van der Waals surface area contributed by atoms with Gasteiger partial charge in [-0.25, -0.2) is 24.1 Å². The molecule has 10 nitrogen and oxygen atoms in total. The second-order valence-electron chi connectivity index (χ2n) is 4.97. The molecule has 0 aliphatic rings. The molecule has 0 amide bonds. The van der Waals surface area contributed by atoms with Gasteiger partial charge >= 0.3 is 23.6 Å². The first-order valence-corrected chi connectivity index (χ1v) is 8.49. The molecule has 27 heavy (non-hydrogen) atoms. The zero-order chi connectivity index (χ0) is 20.4. The Kier molecular flexibility index (Phi) is 8.46. The number of esters is 3. The molecule has 0 atom stereocenters. The SMILES string of the molecule is CCOC(=O)c1cn(O)cc/c1=N\C(OCC)(C(=O)OCC)C(=O)OCC. The highest BCUT2D eigenvalue weighted by atomic mass is 16.6. The van der Waals surface area contributed by atoms with Crippen molar-refractivity contribution >= 4 is 17.9 Å². The average molecular weight is 384 g/mol. The number of pyridine rings is 1. The van der Waals surface area contributed by atoms with E-state index in [2.05, 4.69) is 4.99 Å². The van der Waals surface area contributed by atoms with Gasteiger partial charge in [-0.3, -0.25) is 0 Å². The van der Waals surface area contributed by atoms with Gasteiger partial charge in [0, 0.05) is 12.8 Å². The molecule has 0 saturated heterocycles. The molecule has 150 valence electrons. The minimum atomic E-state index is -2.45. The number of carbonyl (C=O) groups excluding carboxylic acids is 3. The average Bonchev–Trinajstić information content (AvgIpc) is 2.63. The minimum absolute atomic E-state index is 0.0290. The standard InChI is InChI=1S/C17H24N2O8/c1-5-24-14(20)12-11-19(23)10-9-13(12)18-17(27-8-4,15(21)25-6-2)16(22)26-7-3/h9-11,23H,5-8H2,1-4H3/b18-13+. The predicted octanol–water partition coefficient (Wildman–Crippen LogP) is 0.662. The molecular weight excluding hydrogens is 360 g/mol. The van der Waals surface area contributed by atoms with Crippen LogP contribution in [0.3, 0.4) is 0 Å². The molecule has 1 aromatic heterocycles. The van der Waals surface area contributed by atoms with Crippen LogP contribution in [0, 0.1) is 0 Å². The molecule has 0 radical (unpaired) electrons. The van der Waals surface area contributed by atoms with E-state index in [0.717, 1.165) is 12.4 Å². The van der Waals surface area contributed by atoms with E-state index in [1.54, 1.807) is 27.7 Å². The molecule has 0 saturated carbocycles. The van der Waals surface area contributed by atoms with E-state index < -0.39 is 23.6 Å². The quantitative estimate of drug-likeness (QED) is 0.285. The molecular formula is C17H24N2O8. The van der Waals surface area contributed by atoms with E-state index in [1.165, 1.54) is 6.07 Å². The van der Waals surface area contributed by atoms with Gasteiger partial charge in [0.15, 0.2) is 0 Å². The van der Waals surface area contributed by atoms with Crippen LogP contribution in [-0.4, -0.2) is 60.0 Å². The van der Waals surface area contributed by atoms with Crippen molar-refractivity contribution in [1.29, 1.82) is 0 Å². The van der Waals surface area contributed by atoms with Gasteiger partial charge in [0.25, 0.3) is 0 Å². The van der Waals surface area contributed by atoms with Crippen LogP contribution in [0.15, 0.2) is 23.5 Å². The third kappa shape index (κ3) is 5.30. The molecule has 0 unspecified atom stereocenters. The summed E-state index contributed by atoms with van der Waals surface area (Å²) in [4.78, 5) is 41.3. The van der Waals surface area contributed by atoms with Crippen LogP contribution in [0.4, 0.5) is 0 Å². The summed E-state index contributed by atoms with van der Waals surface area (Å²) < 4.78 is 20.8. The van der Waals surface area contributed by atoms with Gasteiger partial charge in [-0.05, 0) is 33.8 Å². The zero-order valence-corrected chi connectivity index (χ0v) is 15.8. The van der Waals surface area contributed by atoms with Crippen molar-refractivity contribution in [3.63, 3.8) is 0 Å². The summed E-state index contributed by atoms with van der Waals surface area (Å²) >= 11 is 0. The van der Waals surface area contributed by atoms with Crippen molar-refractivity contribution in [3.8, 4) is 0 Å². The number of hydrogen-bond donors (Lipinski definition) is 1. The van der Waals surface area contributed by atoms with Crippen LogP contribution in [-0.2, 0) is 28.5 Å². The van der Waals surface area contributed by atoms with Crippen molar-refractivity contribution in [2.24, 2.45) is 4.99 Å². The summed E-state index contributed by atoms with van der Waals surface area (Å²) in [7, 11) is 0. The van der Waals surface area contributed by atoms with E-state index in [4.69, 9.17) is 18.9 Å². The topological polar surface area (TPSA) is 126 Å². The van der Waals surface area contributed by atoms with Crippen LogP contribution >= 0.6 is 0 Å². The fourth-order valence-electron chi connectivity index (χ4n) is 2.10. The number of hydrogen-bond acceptors (Lipinski definition) is 9. The van der Waals surface area contributed by atoms with E-state index >= 15 is 0 Å². The molecule has 0 fully saturated rings. The van der Waals surface area contributed by atoms with E-state index in [-0.39, 0.29) is 37.3 Å². The third-order valence-corrected chi connectivity index (χ3v) is 3.15. The van der Waals surface area contributed by atoms with Crippen LogP contribution in [0.25, 0.3) is 0 Å². The van der Waals surface area contributed by atoms with Crippen LogP contribution < -0.4 is 5.36 Å². The molecule has 0 aliphatic carbocycles. The van der Waals surface area contributed by atoms with Crippen molar-refractivity contribution in [2.75, 3.05) is 26.4 Å². The molecule has 1 aromatic rings. The van der Waals surface area contributed by atoms with Gasteiger partial charge in [0.05, 0.1) is 31.4 Å². The Bertz CT molecular complexity index is 723. The van der Waals surface area contributed by atoms with Gasteiger partial charge in [-0.2, -0.15) is 0 Å². The number of rotatable bonds is 9. The summed E-state index contributed by atoms with van der Waals surface area (Å²) in [5.41, 5.74) is -2.64. The Labute approximate surface area is 156 Å². The summed E-state index contributed by atoms with van der Waals surface area (Å²) in [6.07, 6.45) is 2.19. The molecule has 1 N–H and O–H groups in total. The lowest BCUT2D eigenvalue weighted by Crippen LogP contribution is -2.51. The van der Waals surface area contributed by atoms with Crippen molar-refractivity contribution in [2.45, 2.75) is 33.4 Å². The maximum atomic E-state index is 12.5. The predicted molar refractivity (Wildman–Crippen MR) is 90.8 cm³/mol. The Balaban J connectivity index is 3.71. The Morgan fingerprint density at radius 1 is 1.00 bits per heavy atom. The summed E-state index contributed by atoms with van der Waals surface area (Å²) in [6, 6.07) is 1.22. The first-order chi connectivity index (χ1) is 12.9. The second kappa shape index (κ2) is 10.3. The summed E-state index contributed by atoms with van der Waals surface area (Å²) in [5, 5.41) is 9.48.